The van der Waals surface area contributed by atoms with Crippen molar-refractivity contribution >= 4 is 16.2 Å². The summed E-state index contributed by atoms with van der Waals surface area (Å²) in [5.74, 6) is -2.01. The van der Waals surface area contributed by atoms with Crippen LogP contribution in [0.3, 0.4) is 0 Å². The van der Waals surface area contributed by atoms with Crippen molar-refractivity contribution in [2.45, 2.75) is 52.1 Å². The van der Waals surface area contributed by atoms with E-state index in [0.717, 1.165) is 0 Å². The molecule has 1 aliphatic heterocycles. The normalized spacial score (nSPS) is 23.1. The summed E-state index contributed by atoms with van der Waals surface area (Å²) in [6.45, 7) is 8.75. The van der Waals surface area contributed by atoms with Crippen LogP contribution < -0.4 is 5.32 Å². The van der Waals surface area contributed by atoms with Gasteiger partial charge in [0.05, 0.1) is 18.5 Å². The Morgan fingerprint density at radius 1 is 1.45 bits per heavy atom. The van der Waals surface area contributed by atoms with E-state index in [2.05, 4.69) is 5.32 Å². The third-order valence-electron chi connectivity index (χ3n) is 2.89. The highest BCUT2D eigenvalue weighted by Gasteiger charge is 2.39. The molecule has 0 aromatic rings. The van der Waals surface area contributed by atoms with E-state index in [1.807, 2.05) is 0 Å². The van der Waals surface area contributed by atoms with Crippen LogP contribution in [0.4, 0.5) is 4.79 Å². The zero-order chi connectivity index (χ0) is 17.2. The first-order valence-corrected chi connectivity index (χ1v) is 8.62. The molecule has 130 valence electrons. The summed E-state index contributed by atoms with van der Waals surface area (Å²) < 4.78 is 47.4. The maximum absolute atomic E-state index is 11.7. The van der Waals surface area contributed by atoms with Crippen molar-refractivity contribution in [2.75, 3.05) is 18.9 Å². The van der Waals surface area contributed by atoms with Crippen LogP contribution in [0.5, 0.6) is 0 Å². The van der Waals surface area contributed by atoms with Gasteiger partial charge in [-0.15, -0.1) is 0 Å². The zero-order valence-electron chi connectivity index (χ0n) is 13.6. The third kappa shape index (κ3) is 7.39. The molecule has 0 spiro atoms. The Morgan fingerprint density at radius 3 is 2.45 bits per heavy atom. The lowest BCUT2D eigenvalue weighted by Gasteiger charge is -2.25. The number of carbonyl (C=O) groups excluding carboxylic acids is 1. The molecule has 0 aliphatic carbocycles. The quantitative estimate of drug-likeness (QED) is 0.723. The smallest absolute Gasteiger partial charge is 0.407 e. The lowest BCUT2D eigenvalue weighted by atomic mass is 10.1. The molecule has 1 fully saturated rings. The van der Waals surface area contributed by atoms with Crippen LogP contribution in [0, 0.1) is 5.92 Å². The highest BCUT2D eigenvalue weighted by molar-refractivity contribution is 7.85. The van der Waals surface area contributed by atoms with Crippen LogP contribution in [0.1, 0.15) is 34.6 Å². The SMILES string of the molecule is CC(C)(C)OC(=O)NC[C@H](CS(=O)(=O)O)[C@@H]1COC(C)(C)O1. The molecule has 1 aliphatic rings. The Bertz CT molecular complexity index is 495. The number of hydrogen-bond acceptors (Lipinski definition) is 6. The van der Waals surface area contributed by atoms with E-state index in [4.69, 9.17) is 18.8 Å². The summed E-state index contributed by atoms with van der Waals surface area (Å²) in [5.41, 5.74) is -0.655. The molecule has 2 N–H and O–H groups in total. The predicted octanol–water partition coefficient (Wildman–Crippen LogP) is 1.17. The van der Waals surface area contributed by atoms with Crippen LogP contribution in [-0.2, 0) is 24.3 Å². The second-order valence-corrected chi connectivity index (χ2v) is 8.26. The van der Waals surface area contributed by atoms with E-state index in [-0.39, 0.29) is 13.2 Å². The number of alkyl carbamates (subject to hydrolysis) is 1. The van der Waals surface area contributed by atoms with Gasteiger partial charge in [-0.2, -0.15) is 8.42 Å². The summed E-state index contributed by atoms with van der Waals surface area (Å²) in [7, 11) is -4.21. The van der Waals surface area contributed by atoms with E-state index in [9.17, 15) is 13.2 Å². The molecule has 8 nitrogen and oxygen atoms in total. The first-order valence-electron chi connectivity index (χ1n) is 7.01. The lowest BCUT2D eigenvalue weighted by Crippen LogP contribution is -2.42. The van der Waals surface area contributed by atoms with Crippen molar-refractivity contribution in [3.8, 4) is 0 Å². The maximum atomic E-state index is 11.7. The summed E-state index contributed by atoms with van der Waals surface area (Å²) in [4.78, 5) is 11.7. The number of ether oxygens (including phenoxy) is 3. The molecule has 0 aromatic carbocycles. The zero-order valence-corrected chi connectivity index (χ0v) is 14.4. The molecule has 9 heteroatoms. The van der Waals surface area contributed by atoms with E-state index in [0.29, 0.717) is 0 Å². The molecule has 0 radical (unpaired) electrons. The predicted molar refractivity (Wildman–Crippen MR) is 79.0 cm³/mol. The van der Waals surface area contributed by atoms with Gasteiger partial charge >= 0.3 is 6.09 Å². The van der Waals surface area contributed by atoms with Crippen molar-refractivity contribution in [3.05, 3.63) is 0 Å². The van der Waals surface area contributed by atoms with Gasteiger partial charge in [-0.25, -0.2) is 4.79 Å². The van der Waals surface area contributed by atoms with E-state index in [1.165, 1.54) is 0 Å². The first kappa shape index (κ1) is 19.1. The van der Waals surface area contributed by atoms with Crippen LogP contribution in [0.25, 0.3) is 0 Å². The fourth-order valence-electron chi connectivity index (χ4n) is 2.04. The van der Waals surface area contributed by atoms with Gasteiger partial charge < -0.3 is 19.5 Å². The maximum Gasteiger partial charge on any atom is 0.407 e. The monoisotopic (exact) mass is 339 g/mol. The molecule has 22 heavy (non-hydrogen) atoms. The van der Waals surface area contributed by atoms with Crippen LogP contribution in [0.2, 0.25) is 0 Å². The van der Waals surface area contributed by atoms with Gasteiger partial charge in [-0.05, 0) is 34.6 Å². The average Bonchev–Trinajstić information content (AvgIpc) is 2.61. The van der Waals surface area contributed by atoms with E-state index >= 15 is 0 Å². The largest absolute Gasteiger partial charge is 0.444 e. The molecular weight excluding hydrogens is 314 g/mol. The second kappa shape index (κ2) is 6.69. The third-order valence-corrected chi connectivity index (χ3v) is 3.74. The molecule has 1 heterocycles. The van der Waals surface area contributed by atoms with E-state index in [1.54, 1.807) is 34.6 Å². The molecule has 0 saturated carbocycles. The summed E-state index contributed by atoms with van der Waals surface area (Å²) in [6.07, 6.45) is -1.21. The fourth-order valence-corrected chi connectivity index (χ4v) is 2.92. The van der Waals surface area contributed by atoms with Crippen molar-refractivity contribution in [1.82, 2.24) is 5.32 Å². The highest BCUT2D eigenvalue weighted by atomic mass is 32.2. The van der Waals surface area contributed by atoms with Gasteiger partial charge in [0.15, 0.2) is 5.79 Å². The van der Waals surface area contributed by atoms with Crippen molar-refractivity contribution in [1.29, 1.82) is 0 Å². The lowest BCUT2D eigenvalue weighted by molar-refractivity contribution is -0.143. The number of carbonyl (C=O) groups is 1. The molecule has 1 amide bonds. The molecule has 2 atom stereocenters. The standard InChI is InChI=1S/C13H25NO7S/c1-12(2,3)21-11(15)14-6-9(8-22(16,17)18)10-7-19-13(4,5)20-10/h9-10H,6-8H2,1-5H3,(H,14,15)(H,16,17,18)/t9-,10+/m1/s1. The fraction of sp³-hybridized carbons (Fsp3) is 0.923. The number of nitrogens with one attached hydrogen (secondary N) is 1. The van der Waals surface area contributed by atoms with E-state index < -0.39 is 45.4 Å². The van der Waals surface area contributed by atoms with Gasteiger partial charge in [-0.3, -0.25) is 4.55 Å². The minimum Gasteiger partial charge on any atom is -0.444 e. The Balaban J connectivity index is 2.66. The van der Waals surface area contributed by atoms with Gasteiger partial charge in [0, 0.05) is 12.5 Å². The summed E-state index contributed by atoms with van der Waals surface area (Å²) >= 11 is 0. The Labute approximate surface area is 131 Å². The van der Waals surface area contributed by atoms with Gasteiger partial charge in [0.25, 0.3) is 10.1 Å². The van der Waals surface area contributed by atoms with Crippen LogP contribution >= 0.6 is 0 Å². The number of amides is 1. The Kier molecular flexibility index (Phi) is 5.82. The van der Waals surface area contributed by atoms with Gasteiger partial charge in [-0.1, -0.05) is 0 Å². The summed E-state index contributed by atoms with van der Waals surface area (Å²) in [6, 6.07) is 0. The molecule has 0 bridgehead atoms. The molecular formula is C13H25NO7S. The first-order chi connectivity index (χ1) is 9.77. The van der Waals surface area contributed by atoms with Crippen LogP contribution in [-0.4, -0.2) is 55.5 Å². The summed E-state index contributed by atoms with van der Waals surface area (Å²) in [5, 5.41) is 2.49. The molecule has 0 aromatic heterocycles. The molecule has 0 unspecified atom stereocenters. The Hall–Kier alpha value is -0.900. The van der Waals surface area contributed by atoms with Crippen molar-refractivity contribution < 1.29 is 32.0 Å². The average molecular weight is 339 g/mol. The van der Waals surface area contributed by atoms with Crippen molar-refractivity contribution in [3.63, 3.8) is 0 Å². The number of rotatable bonds is 5. The van der Waals surface area contributed by atoms with Gasteiger partial charge in [0.1, 0.15) is 5.60 Å². The Morgan fingerprint density at radius 2 is 2.05 bits per heavy atom. The van der Waals surface area contributed by atoms with Crippen molar-refractivity contribution in [2.24, 2.45) is 5.92 Å². The molecule has 1 rings (SSSR count). The van der Waals surface area contributed by atoms with Gasteiger partial charge in [0.2, 0.25) is 0 Å². The molecule has 1 saturated heterocycles. The second-order valence-electron chi connectivity index (χ2n) is 6.76. The topological polar surface area (TPSA) is 111 Å². The highest BCUT2D eigenvalue weighted by Crippen LogP contribution is 2.27. The minimum atomic E-state index is -4.21. The number of hydrogen-bond donors (Lipinski definition) is 2. The minimum absolute atomic E-state index is 0.0151. The van der Waals surface area contributed by atoms with Crippen LogP contribution in [0.15, 0.2) is 0 Å².